The molecular weight excluding hydrogens is 154 g/mol. The van der Waals surface area contributed by atoms with Gasteiger partial charge in [-0.25, -0.2) is 0 Å². The van der Waals surface area contributed by atoms with Crippen LogP contribution in [-0.2, 0) is 0 Å². The second kappa shape index (κ2) is 3.34. The Kier molecular flexibility index (Phi) is 2.43. The quantitative estimate of drug-likeness (QED) is 0.357. The normalized spacial score (nSPS) is 28.1. The van der Waals surface area contributed by atoms with Crippen LogP contribution in [0.2, 0.25) is 0 Å². The van der Waals surface area contributed by atoms with Crippen LogP contribution >= 0.6 is 0 Å². The summed E-state index contributed by atoms with van der Waals surface area (Å²) in [4.78, 5) is 10.5. The predicted octanol–water partition coefficient (Wildman–Crippen LogP) is 2.09. The van der Waals surface area contributed by atoms with Crippen molar-refractivity contribution in [3.05, 3.63) is 46.6 Å². The average molecular weight is 165 g/mol. The maximum atomic E-state index is 10.7. The number of nitrogens with zero attached hydrogens (tertiary/aromatic N) is 1. The van der Waals surface area contributed by atoms with Gasteiger partial charge >= 0.3 is 0 Å². The van der Waals surface area contributed by atoms with Crippen molar-refractivity contribution in [1.82, 2.24) is 0 Å². The van der Waals surface area contributed by atoms with Gasteiger partial charge in [-0.3, -0.25) is 10.1 Å². The van der Waals surface area contributed by atoms with E-state index in [-0.39, 0.29) is 4.92 Å². The van der Waals surface area contributed by atoms with E-state index in [4.69, 9.17) is 0 Å². The van der Waals surface area contributed by atoms with Gasteiger partial charge in [0.1, 0.15) is 0 Å². The number of hydrogen-bond acceptors (Lipinski definition) is 2. The van der Waals surface area contributed by atoms with Crippen molar-refractivity contribution in [3.63, 3.8) is 0 Å². The molecule has 0 spiro atoms. The maximum Gasteiger partial charge on any atom is 0.262 e. The molecule has 1 rings (SSSR count). The molecule has 1 aliphatic carbocycles. The number of hydrogen-bond donors (Lipinski definition) is 0. The van der Waals surface area contributed by atoms with E-state index in [1.165, 1.54) is 0 Å². The third kappa shape index (κ3) is 1.44. The van der Waals surface area contributed by atoms with E-state index in [0.717, 1.165) is 0 Å². The molecule has 1 aliphatic rings. The van der Waals surface area contributed by atoms with E-state index in [1.54, 1.807) is 31.2 Å². The van der Waals surface area contributed by atoms with Crippen LogP contribution in [0.1, 0.15) is 13.3 Å². The summed E-state index contributed by atoms with van der Waals surface area (Å²) in [5.41, 5.74) is -0.997. The van der Waals surface area contributed by atoms with Crippen LogP contribution in [-0.4, -0.2) is 10.5 Å². The van der Waals surface area contributed by atoms with E-state index in [1.807, 2.05) is 12.2 Å². The van der Waals surface area contributed by atoms with E-state index in [2.05, 4.69) is 0 Å². The third-order valence-electron chi connectivity index (χ3n) is 1.87. The smallest absolute Gasteiger partial charge is 0.262 e. The molecule has 0 saturated carbocycles. The molecule has 0 fully saturated rings. The molecule has 3 heteroatoms. The predicted molar refractivity (Wildman–Crippen MR) is 47.4 cm³/mol. The van der Waals surface area contributed by atoms with Crippen LogP contribution in [0.5, 0.6) is 0 Å². The fourth-order valence-corrected chi connectivity index (χ4v) is 1.23. The van der Waals surface area contributed by atoms with Crippen LogP contribution in [0.15, 0.2) is 36.5 Å². The molecule has 0 aliphatic heterocycles. The van der Waals surface area contributed by atoms with Crippen LogP contribution in [0.25, 0.3) is 0 Å². The third-order valence-corrected chi connectivity index (χ3v) is 1.87. The Bertz CT molecular complexity index is 266. The van der Waals surface area contributed by atoms with Crippen molar-refractivity contribution in [1.29, 1.82) is 0 Å². The lowest BCUT2D eigenvalue weighted by Gasteiger charge is -2.17. The number of nitro groups is 1. The highest BCUT2D eigenvalue weighted by molar-refractivity contribution is 5.24. The van der Waals surface area contributed by atoms with Crippen LogP contribution < -0.4 is 0 Å². The number of rotatable bonds is 2. The van der Waals surface area contributed by atoms with Crippen LogP contribution in [0.4, 0.5) is 0 Å². The molecular formula is C9H11NO2. The molecule has 12 heavy (non-hydrogen) atoms. The van der Waals surface area contributed by atoms with Gasteiger partial charge in [0.15, 0.2) is 0 Å². The van der Waals surface area contributed by atoms with Crippen molar-refractivity contribution in [2.24, 2.45) is 0 Å². The lowest BCUT2D eigenvalue weighted by atomic mass is 9.92. The zero-order valence-corrected chi connectivity index (χ0v) is 6.93. The largest absolute Gasteiger partial charge is 0.263 e. The first-order chi connectivity index (χ1) is 5.71. The molecule has 0 aromatic rings. The van der Waals surface area contributed by atoms with Gasteiger partial charge in [-0.2, -0.15) is 0 Å². The first kappa shape index (κ1) is 8.71. The molecule has 0 aromatic heterocycles. The molecule has 3 nitrogen and oxygen atoms in total. The summed E-state index contributed by atoms with van der Waals surface area (Å²) in [5.74, 6) is 0. The molecule has 0 bridgehead atoms. The molecule has 0 N–H and O–H groups in total. The summed E-state index contributed by atoms with van der Waals surface area (Å²) in [7, 11) is 0. The fraction of sp³-hybridized carbons (Fsp3) is 0.333. The summed E-state index contributed by atoms with van der Waals surface area (Å²) in [6.45, 7) is 1.79. The molecule has 0 amide bonds. The maximum absolute atomic E-state index is 10.7. The van der Waals surface area contributed by atoms with Gasteiger partial charge in [0.25, 0.3) is 5.54 Å². The van der Waals surface area contributed by atoms with E-state index >= 15 is 0 Å². The Hall–Kier alpha value is -1.38. The van der Waals surface area contributed by atoms with Crippen molar-refractivity contribution >= 4 is 0 Å². The van der Waals surface area contributed by atoms with Crippen LogP contribution in [0.3, 0.4) is 0 Å². The molecule has 0 saturated heterocycles. The second-order valence-corrected chi connectivity index (χ2v) is 2.74. The minimum atomic E-state index is -0.997. The van der Waals surface area contributed by atoms with Crippen molar-refractivity contribution in [2.45, 2.75) is 18.9 Å². The molecule has 1 unspecified atom stereocenters. The minimum absolute atomic E-state index is 0.257. The fourth-order valence-electron chi connectivity index (χ4n) is 1.23. The molecule has 0 heterocycles. The van der Waals surface area contributed by atoms with Gasteiger partial charge in [-0.15, -0.1) is 0 Å². The number of allylic oxidation sites excluding steroid dienone is 3. The van der Waals surface area contributed by atoms with Gasteiger partial charge in [-0.05, 0) is 19.1 Å². The van der Waals surface area contributed by atoms with Crippen molar-refractivity contribution in [2.75, 3.05) is 0 Å². The topological polar surface area (TPSA) is 43.1 Å². The summed E-state index contributed by atoms with van der Waals surface area (Å²) in [6, 6.07) is 0. The van der Waals surface area contributed by atoms with Gasteiger partial charge < -0.3 is 0 Å². The Labute approximate surface area is 71.2 Å². The van der Waals surface area contributed by atoms with Gasteiger partial charge in [-0.1, -0.05) is 24.3 Å². The highest BCUT2D eigenvalue weighted by Gasteiger charge is 2.36. The zero-order chi connectivity index (χ0) is 9.03. The Morgan fingerprint density at radius 1 is 1.58 bits per heavy atom. The summed E-state index contributed by atoms with van der Waals surface area (Å²) in [5, 5.41) is 10.7. The van der Waals surface area contributed by atoms with Crippen LogP contribution in [0, 0.1) is 10.1 Å². The average Bonchev–Trinajstić information content (AvgIpc) is 2.06. The molecule has 0 radical (unpaired) electrons. The van der Waals surface area contributed by atoms with Crippen molar-refractivity contribution in [3.8, 4) is 0 Å². The summed E-state index contributed by atoms with van der Waals surface area (Å²) in [6.07, 6.45) is 10.7. The van der Waals surface area contributed by atoms with E-state index in [0.29, 0.717) is 6.42 Å². The standard InChI is InChI=1S/C9H11NO2/c1-2-6-9(10(11)12)7-4-3-5-8-9/h2-7H,8H2,1H3. The highest BCUT2D eigenvalue weighted by atomic mass is 16.6. The summed E-state index contributed by atoms with van der Waals surface area (Å²) < 4.78 is 0. The second-order valence-electron chi connectivity index (χ2n) is 2.74. The van der Waals surface area contributed by atoms with E-state index in [9.17, 15) is 10.1 Å². The summed E-state index contributed by atoms with van der Waals surface area (Å²) >= 11 is 0. The minimum Gasteiger partial charge on any atom is -0.263 e. The Morgan fingerprint density at radius 3 is 2.75 bits per heavy atom. The molecule has 1 atom stereocenters. The van der Waals surface area contributed by atoms with Gasteiger partial charge in [0, 0.05) is 11.3 Å². The van der Waals surface area contributed by atoms with Gasteiger partial charge in [0.2, 0.25) is 0 Å². The van der Waals surface area contributed by atoms with Crippen molar-refractivity contribution < 1.29 is 4.92 Å². The Balaban J connectivity index is 2.95. The molecule has 0 aromatic carbocycles. The molecule has 64 valence electrons. The first-order valence-electron chi connectivity index (χ1n) is 3.84. The lowest BCUT2D eigenvalue weighted by molar-refractivity contribution is -0.539. The van der Waals surface area contributed by atoms with Gasteiger partial charge in [0.05, 0.1) is 0 Å². The SMILES string of the molecule is CC=CC1([N+](=O)[O-])C=CC=CC1. The Morgan fingerprint density at radius 2 is 2.33 bits per heavy atom. The monoisotopic (exact) mass is 165 g/mol. The first-order valence-corrected chi connectivity index (χ1v) is 3.84. The van der Waals surface area contributed by atoms with E-state index < -0.39 is 5.54 Å². The highest BCUT2D eigenvalue weighted by Crippen LogP contribution is 2.22. The lowest BCUT2D eigenvalue weighted by Crippen LogP contribution is -2.34. The zero-order valence-electron chi connectivity index (χ0n) is 6.93.